The number of benzene rings is 1. The quantitative estimate of drug-likeness (QED) is 0.869. The zero-order valence-corrected chi connectivity index (χ0v) is 11.6. The molecule has 0 amide bonds. The monoisotopic (exact) mass is 331 g/mol. The largest absolute Gasteiger partial charge is 0.494 e. The zero-order chi connectivity index (χ0) is 13.1. The van der Waals surface area contributed by atoms with Crippen LogP contribution in [0.2, 0.25) is 5.28 Å². The molecule has 2 aromatic rings. The highest BCUT2D eigenvalue weighted by Gasteiger charge is 2.09. The lowest BCUT2D eigenvalue weighted by atomic mass is 10.3. The summed E-state index contributed by atoms with van der Waals surface area (Å²) in [6.07, 6.45) is 1.52. The van der Waals surface area contributed by atoms with Crippen LogP contribution in [0.1, 0.15) is 0 Å². The third-order valence-corrected chi connectivity index (χ3v) is 2.89. The first-order valence-electron chi connectivity index (χ1n) is 4.89. The van der Waals surface area contributed by atoms with Crippen molar-refractivity contribution in [1.29, 1.82) is 0 Å². The maximum absolute atomic E-state index is 13.1. The van der Waals surface area contributed by atoms with Crippen molar-refractivity contribution >= 4 is 39.0 Å². The minimum absolute atomic E-state index is 0.113. The molecule has 0 radical (unpaired) electrons. The molecule has 0 bridgehead atoms. The van der Waals surface area contributed by atoms with Crippen molar-refractivity contribution < 1.29 is 9.13 Å². The Morgan fingerprint density at radius 2 is 2.22 bits per heavy atom. The van der Waals surface area contributed by atoms with E-state index in [1.165, 1.54) is 25.4 Å². The van der Waals surface area contributed by atoms with Gasteiger partial charge in [0.1, 0.15) is 17.4 Å². The van der Waals surface area contributed by atoms with Crippen molar-refractivity contribution in [2.45, 2.75) is 0 Å². The van der Waals surface area contributed by atoms with E-state index in [-0.39, 0.29) is 11.1 Å². The van der Waals surface area contributed by atoms with Gasteiger partial charge in [-0.25, -0.2) is 9.37 Å². The van der Waals surface area contributed by atoms with Gasteiger partial charge in [0.25, 0.3) is 0 Å². The maximum Gasteiger partial charge on any atom is 0.224 e. The van der Waals surface area contributed by atoms with Gasteiger partial charge in [-0.15, -0.1) is 0 Å². The Bertz CT molecular complexity index is 582. The Kier molecular flexibility index (Phi) is 3.98. The van der Waals surface area contributed by atoms with E-state index in [0.717, 1.165) is 0 Å². The molecule has 0 saturated heterocycles. The summed E-state index contributed by atoms with van der Waals surface area (Å²) in [5.41, 5.74) is 0.578. The fourth-order valence-corrected chi connectivity index (χ4v) is 1.75. The van der Waals surface area contributed by atoms with Crippen LogP contribution in [0.15, 0.2) is 28.9 Å². The average molecular weight is 333 g/mol. The Morgan fingerprint density at radius 1 is 1.44 bits per heavy atom. The van der Waals surface area contributed by atoms with E-state index >= 15 is 0 Å². The van der Waals surface area contributed by atoms with Crippen LogP contribution < -0.4 is 10.1 Å². The number of ether oxygens (including phenoxy) is 1. The number of methoxy groups -OCH3 is 1. The summed E-state index contributed by atoms with van der Waals surface area (Å²) < 4.78 is 18.8. The SMILES string of the molecule is COc1cc(F)ccc1Nc1nc(Cl)ncc1Br. The predicted octanol–water partition coefficient (Wildman–Crippen LogP) is 3.78. The van der Waals surface area contributed by atoms with Gasteiger partial charge in [0.15, 0.2) is 0 Å². The molecule has 0 atom stereocenters. The van der Waals surface area contributed by atoms with Crippen molar-refractivity contribution in [2.75, 3.05) is 12.4 Å². The second-order valence-electron chi connectivity index (χ2n) is 3.31. The van der Waals surface area contributed by atoms with E-state index in [1.54, 1.807) is 6.07 Å². The number of rotatable bonds is 3. The molecule has 1 heterocycles. The van der Waals surface area contributed by atoms with Gasteiger partial charge in [0.2, 0.25) is 5.28 Å². The molecule has 1 N–H and O–H groups in total. The molecular weight excluding hydrogens is 324 g/mol. The summed E-state index contributed by atoms with van der Waals surface area (Å²) >= 11 is 9.00. The Morgan fingerprint density at radius 3 is 2.94 bits per heavy atom. The molecule has 1 aromatic heterocycles. The third kappa shape index (κ3) is 2.88. The van der Waals surface area contributed by atoms with Gasteiger partial charge < -0.3 is 10.1 Å². The molecule has 94 valence electrons. The summed E-state index contributed by atoms with van der Waals surface area (Å²) in [5, 5.41) is 3.10. The second-order valence-corrected chi connectivity index (χ2v) is 4.50. The molecule has 0 unspecified atom stereocenters. The smallest absolute Gasteiger partial charge is 0.224 e. The third-order valence-electron chi connectivity index (χ3n) is 2.13. The van der Waals surface area contributed by atoms with Crippen molar-refractivity contribution in [3.8, 4) is 5.75 Å². The van der Waals surface area contributed by atoms with Gasteiger partial charge in [-0.05, 0) is 39.7 Å². The normalized spacial score (nSPS) is 10.2. The number of halogens is 3. The molecule has 0 aliphatic carbocycles. The Hall–Kier alpha value is -1.40. The van der Waals surface area contributed by atoms with E-state index in [4.69, 9.17) is 16.3 Å². The first kappa shape index (κ1) is 13.0. The number of hydrogen-bond donors (Lipinski definition) is 1. The van der Waals surface area contributed by atoms with E-state index < -0.39 is 0 Å². The summed E-state index contributed by atoms with van der Waals surface area (Å²) in [6.45, 7) is 0. The lowest BCUT2D eigenvalue weighted by Crippen LogP contribution is -1.99. The summed E-state index contributed by atoms with van der Waals surface area (Å²) in [4.78, 5) is 7.83. The molecule has 0 saturated carbocycles. The van der Waals surface area contributed by atoms with E-state index in [1.807, 2.05) is 0 Å². The van der Waals surface area contributed by atoms with Crippen molar-refractivity contribution in [2.24, 2.45) is 0 Å². The second kappa shape index (κ2) is 5.49. The standard InChI is InChI=1S/C11H8BrClFN3O/c1-18-9-4-6(14)2-3-8(9)16-10-7(12)5-15-11(13)17-10/h2-5H,1H3,(H,15,16,17). The molecule has 18 heavy (non-hydrogen) atoms. The van der Waals surface area contributed by atoms with Gasteiger partial charge in [-0.3, -0.25) is 0 Å². The molecule has 0 aliphatic heterocycles. The molecule has 2 rings (SSSR count). The Labute approximate surface area is 116 Å². The van der Waals surface area contributed by atoms with E-state index in [9.17, 15) is 4.39 Å². The number of hydrogen-bond acceptors (Lipinski definition) is 4. The maximum atomic E-state index is 13.1. The van der Waals surface area contributed by atoms with Crippen LogP contribution in [-0.4, -0.2) is 17.1 Å². The van der Waals surface area contributed by atoms with Gasteiger partial charge >= 0.3 is 0 Å². The molecule has 0 fully saturated rings. The minimum atomic E-state index is -0.378. The first-order valence-corrected chi connectivity index (χ1v) is 6.06. The van der Waals surface area contributed by atoms with Crippen LogP contribution in [0.4, 0.5) is 15.9 Å². The highest BCUT2D eigenvalue weighted by Crippen LogP contribution is 2.30. The minimum Gasteiger partial charge on any atom is -0.494 e. The van der Waals surface area contributed by atoms with Crippen LogP contribution in [-0.2, 0) is 0 Å². The highest BCUT2D eigenvalue weighted by molar-refractivity contribution is 9.10. The summed E-state index contributed by atoms with van der Waals surface area (Å²) in [7, 11) is 1.46. The van der Waals surface area contributed by atoms with Gasteiger partial charge in [-0.2, -0.15) is 4.98 Å². The topological polar surface area (TPSA) is 47.0 Å². The number of nitrogens with zero attached hydrogens (tertiary/aromatic N) is 2. The van der Waals surface area contributed by atoms with Crippen LogP contribution in [0.3, 0.4) is 0 Å². The summed E-state index contributed by atoms with van der Waals surface area (Å²) in [6, 6.07) is 4.15. The molecule has 0 spiro atoms. The van der Waals surface area contributed by atoms with Gasteiger partial charge in [0.05, 0.1) is 17.3 Å². The van der Waals surface area contributed by atoms with E-state index in [2.05, 4.69) is 31.2 Å². The van der Waals surface area contributed by atoms with Crippen molar-refractivity contribution in [1.82, 2.24) is 9.97 Å². The number of aromatic nitrogens is 2. The van der Waals surface area contributed by atoms with Crippen LogP contribution in [0.5, 0.6) is 5.75 Å². The van der Waals surface area contributed by atoms with Crippen LogP contribution in [0.25, 0.3) is 0 Å². The van der Waals surface area contributed by atoms with Gasteiger partial charge in [-0.1, -0.05) is 0 Å². The fourth-order valence-electron chi connectivity index (χ4n) is 1.33. The fraction of sp³-hybridized carbons (Fsp3) is 0.0909. The Balaban J connectivity index is 2.36. The highest BCUT2D eigenvalue weighted by atomic mass is 79.9. The van der Waals surface area contributed by atoms with Crippen molar-refractivity contribution in [3.05, 3.63) is 40.0 Å². The number of anilines is 2. The molecule has 4 nitrogen and oxygen atoms in total. The zero-order valence-electron chi connectivity index (χ0n) is 9.25. The number of nitrogens with one attached hydrogen (secondary N) is 1. The molecule has 7 heteroatoms. The first-order chi connectivity index (χ1) is 8.60. The lowest BCUT2D eigenvalue weighted by molar-refractivity contribution is 0.413. The van der Waals surface area contributed by atoms with Crippen molar-refractivity contribution in [3.63, 3.8) is 0 Å². The predicted molar refractivity (Wildman–Crippen MR) is 71.0 cm³/mol. The summed E-state index contributed by atoms with van der Waals surface area (Å²) in [5.74, 6) is 0.466. The van der Waals surface area contributed by atoms with Crippen LogP contribution >= 0.6 is 27.5 Å². The van der Waals surface area contributed by atoms with Gasteiger partial charge in [0, 0.05) is 12.3 Å². The van der Waals surface area contributed by atoms with E-state index in [0.29, 0.717) is 21.7 Å². The van der Waals surface area contributed by atoms with Crippen LogP contribution in [0, 0.1) is 5.82 Å². The lowest BCUT2D eigenvalue weighted by Gasteiger charge is -2.11. The molecule has 0 aliphatic rings. The average Bonchev–Trinajstić information content (AvgIpc) is 2.36. The molecule has 1 aromatic carbocycles. The molecular formula is C11H8BrClFN3O.